The van der Waals surface area contributed by atoms with Crippen molar-refractivity contribution in [3.63, 3.8) is 0 Å². The van der Waals surface area contributed by atoms with Crippen molar-refractivity contribution >= 4 is 0 Å². The van der Waals surface area contributed by atoms with Gasteiger partial charge in [-0.1, -0.05) is 56.0 Å². The minimum absolute atomic E-state index is 0.726. The lowest BCUT2D eigenvalue weighted by molar-refractivity contribution is 0.630. The van der Waals surface area contributed by atoms with Crippen LogP contribution >= 0.6 is 0 Å². The summed E-state index contributed by atoms with van der Waals surface area (Å²) in [5, 5.41) is 0. The Bertz CT molecular complexity index is 324. The van der Waals surface area contributed by atoms with E-state index < -0.39 is 0 Å². The van der Waals surface area contributed by atoms with Crippen molar-refractivity contribution < 1.29 is 0 Å². The van der Waals surface area contributed by atoms with E-state index in [9.17, 15) is 0 Å². The quantitative estimate of drug-likeness (QED) is 0.582. The molecule has 0 saturated carbocycles. The van der Waals surface area contributed by atoms with Gasteiger partial charge in [0.2, 0.25) is 0 Å². The molecule has 1 rings (SSSR count). The van der Waals surface area contributed by atoms with Gasteiger partial charge in [0.15, 0.2) is 0 Å². The van der Waals surface area contributed by atoms with Gasteiger partial charge < -0.3 is 0 Å². The zero-order valence-electron chi connectivity index (χ0n) is 9.74. The number of rotatable bonds is 4. The Morgan fingerprint density at radius 1 is 1.60 bits per heavy atom. The Hall–Kier alpha value is -1.30. The van der Waals surface area contributed by atoms with Crippen LogP contribution in [0.3, 0.4) is 0 Å². The van der Waals surface area contributed by atoms with Crippen LogP contribution in [-0.4, -0.2) is 0 Å². The highest BCUT2D eigenvalue weighted by Gasteiger charge is 2.07. The van der Waals surface area contributed by atoms with Crippen LogP contribution in [0.25, 0.3) is 0 Å². The second kappa shape index (κ2) is 6.23. The van der Waals surface area contributed by atoms with Gasteiger partial charge in [0.1, 0.15) is 0 Å². The van der Waals surface area contributed by atoms with Crippen molar-refractivity contribution in [3.8, 4) is 0 Å². The fraction of sp³-hybridized carbons (Fsp3) is 0.333. The van der Waals surface area contributed by atoms with Gasteiger partial charge in [-0.15, -0.1) is 0 Å². The molecule has 80 valence electrons. The predicted octanol–water partition coefficient (Wildman–Crippen LogP) is 4.59. The first-order chi connectivity index (χ1) is 7.31. The number of hydrogen-bond donors (Lipinski definition) is 0. The molecule has 15 heavy (non-hydrogen) atoms. The van der Waals surface area contributed by atoms with E-state index in [0.29, 0.717) is 0 Å². The van der Waals surface area contributed by atoms with E-state index in [1.807, 2.05) is 13.0 Å². The molecule has 0 N–H and O–H groups in total. The van der Waals surface area contributed by atoms with Crippen molar-refractivity contribution in [1.29, 1.82) is 0 Å². The summed E-state index contributed by atoms with van der Waals surface area (Å²) < 4.78 is 0. The van der Waals surface area contributed by atoms with Crippen molar-refractivity contribution in [1.82, 2.24) is 0 Å². The van der Waals surface area contributed by atoms with Crippen LogP contribution in [0.1, 0.15) is 26.7 Å². The number of allylic oxidation sites excluding steroid dienone is 9. The average Bonchev–Trinajstić information content (AvgIpc) is 2.29. The molecule has 1 aliphatic carbocycles. The molecule has 0 radical (unpaired) electrons. The van der Waals surface area contributed by atoms with E-state index in [1.54, 1.807) is 0 Å². The van der Waals surface area contributed by atoms with Crippen molar-refractivity contribution in [2.24, 2.45) is 5.92 Å². The topological polar surface area (TPSA) is 0 Å². The molecule has 0 fully saturated rings. The van der Waals surface area contributed by atoms with E-state index in [1.165, 1.54) is 17.6 Å². The molecule has 0 aromatic rings. The summed E-state index contributed by atoms with van der Waals surface area (Å²) in [6.07, 6.45) is 17.4. The van der Waals surface area contributed by atoms with Gasteiger partial charge in [-0.05, 0) is 36.8 Å². The van der Waals surface area contributed by atoms with Crippen LogP contribution in [0, 0.1) is 5.92 Å². The third kappa shape index (κ3) is 3.39. The Morgan fingerprint density at radius 3 is 2.87 bits per heavy atom. The van der Waals surface area contributed by atoms with Crippen LogP contribution in [0.4, 0.5) is 0 Å². The lowest BCUT2D eigenvalue weighted by Gasteiger charge is -2.14. The lowest BCUT2D eigenvalue weighted by atomic mass is 9.91. The minimum Gasteiger partial charge on any atom is -0.0990 e. The molecule has 1 unspecified atom stereocenters. The van der Waals surface area contributed by atoms with Gasteiger partial charge in [0.05, 0.1) is 0 Å². The van der Waals surface area contributed by atoms with Crippen molar-refractivity contribution in [2.45, 2.75) is 26.7 Å². The van der Waals surface area contributed by atoms with Gasteiger partial charge in [-0.2, -0.15) is 0 Å². The predicted molar refractivity (Wildman–Crippen MR) is 68.7 cm³/mol. The molecule has 0 heterocycles. The van der Waals surface area contributed by atoms with Crippen LogP contribution in [0.2, 0.25) is 0 Å². The molecule has 0 heteroatoms. The van der Waals surface area contributed by atoms with Crippen LogP contribution in [0.15, 0.2) is 60.3 Å². The molecular weight excluding hydrogens is 180 g/mol. The summed E-state index contributed by atoms with van der Waals surface area (Å²) in [4.78, 5) is 0. The van der Waals surface area contributed by atoms with Crippen LogP contribution < -0.4 is 0 Å². The molecule has 0 aromatic heterocycles. The van der Waals surface area contributed by atoms with Gasteiger partial charge in [-0.3, -0.25) is 0 Å². The summed E-state index contributed by atoms with van der Waals surface area (Å²) in [6.45, 7) is 8.02. The highest BCUT2D eigenvalue weighted by atomic mass is 14.1. The fourth-order valence-corrected chi connectivity index (χ4v) is 1.74. The summed E-state index contributed by atoms with van der Waals surface area (Å²) in [6, 6.07) is 0. The molecule has 0 spiro atoms. The second-order valence-corrected chi connectivity index (χ2v) is 3.78. The Morgan fingerprint density at radius 2 is 2.40 bits per heavy atom. The summed E-state index contributed by atoms with van der Waals surface area (Å²) in [5.41, 5.74) is 2.57. The molecule has 0 bridgehead atoms. The first-order valence-corrected chi connectivity index (χ1v) is 5.66. The molecule has 0 nitrogen and oxygen atoms in total. The summed E-state index contributed by atoms with van der Waals surface area (Å²) in [7, 11) is 0. The Balaban J connectivity index is 2.80. The molecule has 0 aromatic carbocycles. The summed E-state index contributed by atoms with van der Waals surface area (Å²) in [5.74, 6) is 0.726. The van der Waals surface area contributed by atoms with E-state index in [2.05, 4.69) is 50.0 Å². The molecule has 0 saturated heterocycles. The Kier molecular flexibility index (Phi) is 4.89. The molecule has 1 aliphatic rings. The smallest absolute Gasteiger partial charge is 0.0191 e. The third-order valence-electron chi connectivity index (χ3n) is 2.69. The fourth-order valence-electron chi connectivity index (χ4n) is 1.74. The SMILES string of the molecule is C=C/C=C(\C=C/C)C1=CCC(CC)C=C1. The molecule has 0 amide bonds. The Labute approximate surface area is 93.4 Å². The van der Waals surface area contributed by atoms with Crippen molar-refractivity contribution in [3.05, 3.63) is 60.3 Å². The normalized spacial score (nSPS) is 21.9. The number of hydrogen-bond acceptors (Lipinski definition) is 0. The van der Waals surface area contributed by atoms with Gasteiger partial charge in [0, 0.05) is 0 Å². The van der Waals surface area contributed by atoms with E-state index in [4.69, 9.17) is 0 Å². The highest BCUT2D eigenvalue weighted by Crippen LogP contribution is 2.24. The maximum Gasteiger partial charge on any atom is -0.0191 e. The summed E-state index contributed by atoms with van der Waals surface area (Å²) >= 11 is 0. The molecular formula is C15H20. The maximum absolute atomic E-state index is 3.75. The second-order valence-electron chi connectivity index (χ2n) is 3.78. The zero-order valence-corrected chi connectivity index (χ0v) is 9.74. The van der Waals surface area contributed by atoms with E-state index in [0.717, 1.165) is 12.3 Å². The van der Waals surface area contributed by atoms with Gasteiger partial charge >= 0.3 is 0 Å². The van der Waals surface area contributed by atoms with Crippen LogP contribution in [0.5, 0.6) is 0 Å². The largest absolute Gasteiger partial charge is 0.0990 e. The standard InChI is InChI=1S/C15H20/c1-4-7-14(8-5-2)15-11-9-13(6-3)10-12-15/h4-5,7-9,11-13H,1,6,10H2,2-3H3/b8-5-,14-7+. The first-order valence-electron chi connectivity index (χ1n) is 5.66. The average molecular weight is 200 g/mol. The van der Waals surface area contributed by atoms with Gasteiger partial charge in [0.25, 0.3) is 0 Å². The first kappa shape index (κ1) is 11.8. The monoisotopic (exact) mass is 200 g/mol. The highest BCUT2D eigenvalue weighted by molar-refractivity contribution is 5.48. The van der Waals surface area contributed by atoms with E-state index >= 15 is 0 Å². The maximum atomic E-state index is 3.75. The molecule has 1 atom stereocenters. The third-order valence-corrected chi connectivity index (χ3v) is 2.69. The van der Waals surface area contributed by atoms with Gasteiger partial charge in [-0.25, -0.2) is 0 Å². The van der Waals surface area contributed by atoms with Crippen LogP contribution in [-0.2, 0) is 0 Å². The van der Waals surface area contributed by atoms with E-state index in [-0.39, 0.29) is 0 Å². The molecule has 0 aliphatic heterocycles. The van der Waals surface area contributed by atoms with Crippen molar-refractivity contribution in [2.75, 3.05) is 0 Å². The lowest BCUT2D eigenvalue weighted by Crippen LogP contribution is -1.98. The zero-order chi connectivity index (χ0) is 11.1. The minimum atomic E-state index is 0.726.